The summed E-state index contributed by atoms with van der Waals surface area (Å²) in [5.41, 5.74) is 4.73. The standard InChI is InChI=1S/C11H22N2O3/c1-5-6-8(12)7-9(14)13-11(2,3)10(15)16-4/h8H,5-7,12H2,1-4H3,(H,13,14). The quantitative estimate of drug-likeness (QED) is 0.654. The third kappa shape index (κ3) is 5.11. The van der Waals surface area contributed by atoms with Crippen molar-refractivity contribution in [3.63, 3.8) is 0 Å². The van der Waals surface area contributed by atoms with Crippen molar-refractivity contribution in [3.05, 3.63) is 0 Å². The molecule has 0 aromatic carbocycles. The summed E-state index contributed by atoms with van der Waals surface area (Å²) < 4.78 is 4.58. The molecular formula is C11H22N2O3. The zero-order valence-electron chi connectivity index (χ0n) is 10.5. The van der Waals surface area contributed by atoms with Crippen molar-refractivity contribution in [2.75, 3.05) is 7.11 Å². The fourth-order valence-corrected chi connectivity index (χ4v) is 1.42. The van der Waals surface area contributed by atoms with Crippen LogP contribution in [0.5, 0.6) is 0 Å². The molecule has 0 aromatic rings. The van der Waals surface area contributed by atoms with Gasteiger partial charge in [-0.15, -0.1) is 0 Å². The Morgan fingerprint density at radius 2 is 2.00 bits per heavy atom. The van der Waals surface area contributed by atoms with Gasteiger partial charge in [0.15, 0.2) is 0 Å². The molecule has 0 rings (SSSR count). The van der Waals surface area contributed by atoms with Crippen molar-refractivity contribution < 1.29 is 14.3 Å². The second kappa shape index (κ2) is 6.48. The van der Waals surface area contributed by atoms with Crippen LogP contribution in [-0.4, -0.2) is 30.6 Å². The Bertz CT molecular complexity index is 252. The van der Waals surface area contributed by atoms with E-state index >= 15 is 0 Å². The number of nitrogens with one attached hydrogen (secondary N) is 1. The van der Waals surface area contributed by atoms with E-state index in [0.29, 0.717) is 0 Å². The maximum Gasteiger partial charge on any atom is 0.330 e. The van der Waals surface area contributed by atoms with Crippen LogP contribution in [0.15, 0.2) is 0 Å². The smallest absolute Gasteiger partial charge is 0.330 e. The first-order chi connectivity index (χ1) is 7.33. The topological polar surface area (TPSA) is 81.4 Å². The number of esters is 1. The first-order valence-corrected chi connectivity index (χ1v) is 5.48. The lowest BCUT2D eigenvalue weighted by Gasteiger charge is -2.23. The van der Waals surface area contributed by atoms with E-state index in [4.69, 9.17) is 5.73 Å². The molecule has 1 amide bonds. The summed E-state index contributed by atoms with van der Waals surface area (Å²) in [5.74, 6) is -0.693. The van der Waals surface area contributed by atoms with Crippen LogP contribution in [0.3, 0.4) is 0 Å². The van der Waals surface area contributed by atoms with E-state index in [9.17, 15) is 9.59 Å². The molecule has 0 spiro atoms. The summed E-state index contributed by atoms with van der Waals surface area (Å²) in [6.07, 6.45) is 1.97. The summed E-state index contributed by atoms with van der Waals surface area (Å²) in [7, 11) is 1.29. The first-order valence-electron chi connectivity index (χ1n) is 5.48. The number of carbonyl (C=O) groups is 2. The van der Waals surface area contributed by atoms with Crippen molar-refractivity contribution in [3.8, 4) is 0 Å². The number of rotatable bonds is 6. The Kier molecular flexibility index (Phi) is 6.03. The van der Waals surface area contributed by atoms with Gasteiger partial charge in [0.05, 0.1) is 7.11 Å². The van der Waals surface area contributed by atoms with Gasteiger partial charge in [-0.3, -0.25) is 4.79 Å². The molecular weight excluding hydrogens is 208 g/mol. The number of amides is 1. The van der Waals surface area contributed by atoms with E-state index in [0.717, 1.165) is 12.8 Å². The zero-order chi connectivity index (χ0) is 12.8. The molecule has 1 unspecified atom stereocenters. The predicted molar refractivity (Wildman–Crippen MR) is 61.7 cm³/mol. The molecule has 0 aliphatic carbocycles. The van der Waals surface area contributed by atoms with Crippen LogP contribution < -0.4 is 11.1 Å². The van der Waals surface area contributed by atoms with Crippen LogP contribution in [0.25, 0.3) is 0 Å². The second-order valence-corrected chi connectivity index (χ2v) is 4.42. The molecule has 0 saturated heterocycles. The maximum atomic E-state index is 11.6. The van der Waals surface area contributed by atoms with Gasteiger partial charge in [-0.1, -0.05) is 13.3 Å². The highest BCUT2D eigenvalue weighted by atomic mass is 16.5. The Hall–Kier alpha value is -1.10. The Morgan fingerprint density at radius 1 is 1.44 bits per heavy atom. The fourth-order valence-electron chi connectivity index (χ4n) is 1.42. The summed E-state index contributed by atoms with van der Waals surface area (Å²) in [6, 6.07) is -0.154. The summed E-state index contributed by atoms with van der Waals surface area (Å²) >= 11 is 0. The molecule has 0 aliphatic heterocycles. The minimum atomic E-state index is -1.00. The van der Waals surface area contributed by atoms with Crippen molar-refractivity contribution in [2.24, 2.45) is 5.73 Å². The van der Waals surface area contributed by atoms with Crippen LogP contribution in [0.1, 0.15) is 40.0 Å². The largest absolute Gasteiger partial charge is 0.467 e. The molecule has 16 heavy (non-hydrogen) atoms. The van der Waals surface area contributed by atoms with Gasteiger partial charge in [-0.2, -0.15) is 0 Å². The molecule has 0 heterocycles. The molecule has 0 bridgehead atoms. The van der Waals surface area contributed by atoms with Crippen molar-refractivity contribution in [2.45, 2.75) is 51.6 Å². The van der Waals surface area contributed by atoms with E-state index in [2.05, 4.69) is 10.1 Å². The van der Waals surface area contributed by atoms with Gasteiger partial charge in [0, 0.05) is 12.5 Å². The number of methoxy groups -OCH3 is 1. The first kappa shape index (κ1) is 14.9. The molecule has 5 heteroatoms. The van der Waals surface area contributed by atoms with Gasteiger partial charge in [0.1, 0.15) is 5.54 Å². The molecule has 0 aromatic heterocycles. The van der Waals surface area contributed by atoms with Gasteiger partial charge in [-0.05, 0) is 20.3 Å². The molecule has 0 radical (unpaired) electrons. The van der Waals surface area contributed by atoms with E-state index in [-0.39, 0.29) is 18.4 Å². The lowest BCUT2D eigenvalue weighted by molar-refractivity contribution is -0.149. The Balaban J connectivity index is 4.18. The van der Waals surface area contributed by atoms with Crippen LogP contribution in [0.2, 0.25) is 0 Å². The number of hydrogen-bond donors (Lipinski definition) is 2. The number of carbonyl (C=O) groups excluding carboxylic acids is 2. The molecule has 5 nitrogen and oxygen atoms in total. The summed E-state index contributed by atoms with van der Waals surface area (Å²) in [4.78, 5) is 22.9. The van der Waals surface area contributed by atoms with Crippen LogP contribution in [-0.2, 0) is 14.3 Å². The average molecular weight is 230 g/mol. The van der Waals surface area contributed by atoms with Crippen LogP contribution in [0.4, 0.5) is 0 Å². The predicted octanol–water partition coefficient (Wildman–Crippen LogP) is 0.572. The van der Waals surface area contributed by atoms with Crippen molar-refractivity contribution in [1.82, 2.24) is 5.32 Å². The maximum absolute atomic E-state index is 11.6. The van der Waals surface area contributed by atoms with E-state index in [1.165, 1.54) is 7.11 Å². The van der Waals surface area contributed by atoms with Crippen LogP contribution >= 0.6 is 0 Å². The highest BCUT2D eigenvalue weighted by molar-refractivity contribution is 5.87. The third-order valence-electron chi connectivity index (χ3n) is 2.25. The van der Waals surface area contributed by atoms with E-state index < -0.39 is 11.5 Å². The average Bonchev–Trinajstić information content (AvgIpc) is 2.15. The van der Waals surface area contributed by atoms with Crippen LogP contribution in [0, 0.1) is 0 Å². The van der Waals surface area contributed by atoms with Gasteiger partial charge in [0.2, 0.25) is 5.91 Å². The lowest BCUT2D eigenvalue weighted by atomic mass is 10.0. The molecule has 0 aliphatic rings. The minimum absolute atomic E-state index is 0.154. The Morgan fingerprint density at radius 3 is 2.44 bits per heavy atom. The van der Waals surface area contributed by atoms with Gasteiger partial charge < -0.3 is 15.8 Å². The number of ether oxygens (including phenoxy) is 1. The number of hydrogen-bond acceptors (Lipinski definition) is 4. The Labute approximate surface area is 96.7 Å². The molecule has 3 N–H and O–H groups in total. The highest BCUT2D eigenvalue weighted by Crippen LogP contribution is 2.06. The SMILES string of the molecule is CCCC(N)CC(=O)NC(C)(C)C(=O)OC. The molecule has 0 saturated carbocycles. The third-order valence-corrected chi connectivity index (χ3v) is 2.25. The van der Waals surface area contributed by atoms with Gasteiger partial charge in [-0.25, -0.2) is 4.79 Å². The molecule has 94 valence electrons. The summed E-state index contributed by atoms with van der Waals surface area (Å²) in [5, 5.41) is 2.60. The van der Waals surface area contributed by atoms with Crippen molar-refractivity contribution in [1.29, 1.82) is 0 Å². The summed E-state index contributed by atoms with van der Waals surface area (Å²) in [6.45, 7) is 5.21. The van der Waals surface area contributed by atoms with Gasteiger partial charge >= 0.3 is 5.97 Å². The zero-order valence-corrected chi connectivity index (χ0v) is 10.5. The van der Waals surface area contributed by atoms with Crippen molar-refractivity contribution >= 4 is 11.9 Å². The van der Waals surface area contributed by atoms with E-state index in [1.807, 2.05) is 6.92 Å². The molecule has 1 atom stereocenters. The second-order valence-electron chi connectivity index (χ2n) is 4.42. The van der Waals surface area contributed by atoms with E-state index in [1.54, 1.807) is 13.8 Å². The highest BCUT2D eigenvalue weighted by Gasteiger charge is 2.30. The van der Waals surface area contributed by atoms with Gasteiger partial charge in [0.25, 0.3) is 0 Å². The fraction of sp³-hybridized carbons (Fsp3) is 0.818. The normalized spacial score (nSPS) is 13.1. The minimum Gasteiger partial charge on any atom is -0.467 e. The monoisotopic (exact) mass is 230 g/mol. The molecule has 0 fully saturated rings. The number of nitrogens with two attached hydrogens (primary N) is 1. The lowest BCUT2D eigenvalue weighted by Crippen LogP contribution is -2.51.